The number of likely N-dealkylation sites (tertiary alicyclic amines) is 1. The Morgan fingerprint density at radius 3 is 2.85 bits per heavy atom. The van der Waals surface area contributed by atoms with E-state index in [1.54, 1.807) is 11.3 Å². The fourth-order valence-electron chi connectivity index (χ4n) is 4.57. The van der Waals surface area contributed by atoms with Crippen LogP contribution in [0.3, 0.4) is 0 Å². The van der Waals surface area contributed by atoms with Gasteiger partial charge in [0, 0.05) is 30.1 Å². The van der Waals surface area contributed by atoms with Crippen LogP contribution in [0.1, 0.15) is 43.0 Å². The zero-order chi connectivity index (χ0) is 18.9. The maximum absolute atomic E-state index is 13.2. The van der Waals surface area contributed by atoms with E-state index in [0.29, 0.717) is 25.6 Å². The lowest BCUT2D eigenvalue weighted by Gasteiger charge is -2.33. The van der Waals surface area contributed by atoms with Crippen LogP contribution < -0.4 is 0 Å². The minimum atomic E-state index is -3.03. The second-order valence-corrected chi connectivity index (χ2v) is 11.1. The molecule has 0 aromatic carbocycles. The fraction of sp³-hybridized carbons (Fsp3) is 0.737. The topological polar surface area (TPSA) is 66.9 Å². The van der Waals surface area contributed by atoms with Gasteiger partial charge in [-0.15, -0.1) is 11.3 Å². The second-order valence-electron chi connectivity index (χ2n) is 7.88. The Hall–Kier alpha value is -0.960. The molecule has 0 spiro atoms. The first-order chi connectivity index (χ1) is 13.0. The number of sulfone groups is 1. The van der Waals surface area contributed by atoms with Gasteiger partial charge < -0.3 is 9.64 Å². The van der Waals surface area contributed by atoms with E-state index < -0.39 is 9.84 Å². The lowest BCUT2D eigenvalue weighted by atomic mass is 10.1. The average Bonchev–Trinajstić information content (AvgIpc) is 3.40. The molecule has 150 valence electrons. The molecule has 3 atom stereocenters. The number of carbonyl (C=O) groups is 1. The summed E-state index contributed by atoms with van der Waals surface area (Å²) in [6.07, 6.45) is 4.74. The van der Waals surface area contributed by atoms with Gasteiger partial charge >= 0.3 is 0 Å². The van der Waals surface area contributed by atoms with E-state index in [1.807, 2.05) is 4.90 Å². The van der Waals surface area contributed by atoms with Crippen molar-refractivity contribution in [1.82, 2.24) is 9.80 Å². The Bertz CT molecular complexity index is 744. The highest BCUT2D eigenvalue weighted by atomic mass is 32.2. The van der Waals surface area contributed by atoms with Gasteiger partial charge in [-0.2, -0.15) is 0 Å². The lowest BCUT2D eigenvalue weighted by molar-refractivity contribution is -0.136. The van der Waals surface area contributed by atoms with E-state index in [4.69, 9.17) is 4.74 Å². The van der Waals surface area contributed by atoms with Gasteiger partial charge in [-0.05, 0) is 50.1 Å². The maximum atomic E-state index is 13.2. The fourth-order valence-corrected chi connectivity index (χ4v) is 7.19. The molecule has 0 bridgehead atoms. The standard InChI is InChI=1S/C19H28N2O4S2/c22-19(13-20-8-1-5-17(20)18-6-3-10-26-18)21(12-16-4-2-9-25-16)15-7-11-27(23,24)14-15/h3,6,10,15-17H,1-2,4-5,7-9,11-14H2. The van der Waals surface area contributed by atoms with Gasteiger partial charge in [0.1, 0.15) is 0 Å². The number of hydrogen-bond donors (Lipinski definition) is 0. The molecular formula is C19H28N2O4S2. The average molecular weight is 413 g/mol. The van der Waals surface area contributed by atoms with Gasteiger partial charge in [-0.25, -0.2) is 8.42 Å². The van der Waals surface area contributed by atoms with Crippen LogP contribution in [-0.2, 0) is 19.4 Å². The highest BCUT2D eigenvalue weighted by molar-refractivity contribution is 7.91. The van der Waals surface area contributed by atoms with Crippen LogP contribution in [0, 0.1) is 0 Å². The SMILES string of the molecule is O=C(CN1CCCC1c1cccs1)N(CC1CCCO1)C1CCS(=O)(=O)C1. The van der Waals surface area contributed by atoms with Crippen LogP contribution >= 0.6 is 11.3 Å². The van der Waals surface area contributed by atoms with E-state index >= 15 is 0 Å². The molecule has 3 fully saturated rings. The molecule has 1 aromatic heterocycles. The van der Waals surface area contributed by atoms with Crippen molar-refractivity contribution in [3.63, 3.8) is 0 Å². The number of amides is 1. The summed E-state index contributed by atoms with van der Waals surface area (Å²) in [5.41, 5.74) is 0. The highest BCUT2D eigenvalue weighted by Crippen LogP contribution is 2.34. The third-order valence-corrected chi connectivity index (χ3v) is 8.69. The Morgan fingerprint density at radius 1 is 1.30 bits per heavy atom. The first-order valence-electron chi connectivity index (χ1n) is 9.91. The number of thiophene rings is 1. The first kappa shape index (κ1) is 19.4. The molecule has 3 aliphatic rings. The zero-order valence-electron chi connectivity index (χ0n) is 15.6. The largest absolute Gasteiger partial charge is 0.376 e. The van der Waals surface area contributed by atoms with Crippen molar-refractivity contribution in [2.75, 3.05) is 37.7 Å². The molecule has 6 nitrogen and oxygen atoms in total. The van der Waals surface area contributed by atoms with Crippen molar-refractivity contribution in [3.05, 3.63) is 22.4 Å². The normalized spacial score (nSPS) is 30.7. The molecule has 3 unspecified atom stereocenters. The molecule has 4 rings (SSSR count). The number of nitrogens with zero attached hydrogens (tertiary/aromatic N) is 2. The minimum Gasteiger partial charge on any atom is -0.376 e. The summed E-state index contributed by atoms with van der Waals surface area (Å²) in [6, 6.07) is 4.32. The summed E-state index contributed by atoms with van der Waals surface area (Å²) in [5, 5.41) is 2.08. The van der Waals surface area contributed by atoms with Crippen LogP contribution in [0.25, 0.3) is 0 Å². The molecular weight excluding hydrogens is 384 g/mol. The summed E-state index contributed by atoms with van der Waals surface area (Å²) in [6.45, 7) is 2.55. The highest BCUT2D eigenvalue weighted by Gasteiger charge is 2.38. The van der Waals surface area contributed by atoms with Gasteiger partial charge in [0.25, 0.3) is 0 Å². The number of ether oxygens (including phenoxy) is 1. The Morgan fingerprint density at radius 2 is 2.19 bits per heavy atom. The van der Waals surface area contributed by atoms with Crippen molar-refractivity contribution in [2.45, 2.75) is 50.3 Å². The summed E-state index contributed by atoms with van der Waals surface area (Å²) in [7, 11) is -3.03. The zero-order valence-corrected chi connectivity index (χ0v) is 17.2. The summed E-state index contributed by atoms with van der Waals surface area (Å²) < 4.78 is 29.7. The molecule has 3 aliphatic heterocycles. The molecule has 4 heterocycles. The minimum absolute atomic E-state index is 0.0453. The van der Waals surface area contributed by atoms with Crippen LogP contribution in [0.5, 0.6) is 0 Å². The lowest BCUT2D eigenvalue weighted by Crippen LogP contribution is -2.49. The van der Waals surface area contributed by atoms with Crippen molar-refractivity contribution in [3.8, 4) is 0 Å². The van der Waals surface area contributed by atoms with Crippen molar-refractivity contribution in [2.24, 2.45) is 0 Å². The molecule has 0 saturated carbocycles. The van der Waals surface area contributed by atoms with Gasteiger partial charge in [-0.1, -0.05) is 6.07 Å². The molecule has 1 aromatic rings. The molecule has 0 N–H and O–H groups in total. The van der Waals surface area contributed by atoms with Crippen molar-refractivity contribution < 1.29 is 17.9 Å². The van der Waals surface area contributed by atoms with E-state index in [9.17, 15) is 13.2 Å². The third kappa shape index (κ3) is 4.55. The summed E-state index contributed by atoms with van der Waals surface area (Å²) in [5.74, 6) is 0.338. The molecule has 0 aliphatic carbocycles. The monoisotopic (exact) mass is 412 g/mol. The summed E-state index contributed by atoms with van der Waals surface area (Å²) in [4.78, 5) is 18.6. The number of carbonyl (C=O) groups excluding carboxylic acids is 1. The van der Waals surface area contributed by atoms with Crippen LogP contribution in [0.15, 0.2) is 17.5 Å². The van der Waals surface area contributed by atoms with E-state index in [2.05, 4.69) is 22.4 Å². The molecule has 27 heavy (non-hydrogen) atoms. The van der Waals surface area contributed by atoms with Crippen molar-refractivity contribution in [1.29, 1.82) is 0 Å². The van der Waals surface area contributed by atoms with Crippen molar-refractivity contribution >= 4 is 27.1 Å². The Labute approximate surface area is 165 Å². The van der Waals surface area contributed by atoms with Gasteiger partial charge in [0.05, 0.1) is 24.2 Å². The number of rotatable bonds is 6. The Kier molecular flexibility index (Phi) is 5.87. The quantitative estimate of drug-likeness (QED) is 0.716. The van der Waals surface area contributed by atoms with Crippen LogP contribution in [-0.4, -0.2) is 74.0 Å². The predicted molar refractivity (Wildman–Crippen MR) is 106 cm³/mol. The van der Waals surface area contributed by atoms with Crippen LogP contribution in [0.4, 0.5) is 0 Å². The number of hydrogen-bond acceptors (Lipinski definition) is 6. The second kappa shape index (κ2) is 8.19. The predicted octanol–water partition coefficient (Wildman–Crippen LogP) is 2.08. The van der Waals surface area contributed by atoms with E-state index in [0.717, 1.165) is 38.8 Å². The van der Waals surface area contributed by atoms with E-state index in [-0.39, 0.29) is 29.6 Å². The molecule has 8 heteroatoms. The Balaban J connectivity index is 1.46. The van der Waals surface area contributed by atoms with E-state index in [1.165, 1.54) is 4.88 Å². The van der Waals surface area contributed by atoms with Gasteiger partial charge in [-0.3, -0.25) is 9.69 Å². The molecule has 1 amide bonds. The summed E-state index contributed by atoms with van der Waals surface area (Å²) >= 11 is 1.74. The maximum Gasteiger partial charge on any atom is 0.237 e. The van der Waals surface area contributed by atoms with Gasteiger partial charge in [0.15, 0.2) is 9.84 Å². The molecule has 0 radical (unpaired) electrons. The van der Waals surface area contributed by atoms with Crippen LogP contribution in [0.2, 0.25) is 0 Å². The third-order valence-electron chi connectivity index (χ3n) is 5.97. The van der Waals surface area contributed by atoms with Gasteiger partial charge in [0.2, 0.25) is 5.91 Å². The first-order valence-corrected chi connectivity index (χ1v) is 12.6. The molecule has 3 saturated heterocycles. The smallest absolute Gasteiger partial charge is 0.237 e.